The number of piperazine rings is 1. The Hall–Kier alpha value is -2.81. The fourth-order valence-corrected chi connectivity index (χ4v) is 3.96. The molecule has 2 aliphatic heterocycles. The summed E-state index contributed by atoms with van der Waals surface area (Å²) in [7, 11) is 0. The first kappa shape index (κ1) is 19.5. The van der Waals surface area contributed by atoms with Crippen LogP contribution in [-0.2, 0) is 11.2 Å². The van der Waals surface area contributed by atoms with Crippen molar-refractivity contribution < 1.29 is 18.4 Å². The van der Waals surface area contributed by atoms with E-state index in [2.05, 4.69) is 25.7 Å². The number of nitrogens with one attached hydrogen (secondary N) is 2. The summed E-state index contributed by atoms with van der Waals surface area (Å²) in [5.41, 5.74) is 0.00504. The Bertz CT molecular complexity index is 915. The van der Waals surface area contributed by atoms with Crippen LogP contribution in [-0.4, -0.2) is 58.1 Å². The van der Waals surface area contributed by atoms with E-state index < -0.39 is 11.7 Å². The highest BCUT2D eigenvalue weighted by Crippen LogP contribution is 2.26. The molecule has 9 heteroatoms. The summed E-state index contributed by atoms with van der Waals surface area (Å²) in [6.07, 6.45) is 0.994. The van der Waals surface area contributed by atoms with Gasteiger partial charge in [-0.3, -0.25) is 14.5 Å². The van der Waals surface area contributed by atoms with Crippen molar-refractivity contribution in [3.63, 3.8) is 0 Å². The minimum absolute atomic E-state index is 0.00504. The number of aromatic nitrogens is 2. The van der Waals surface area contributed by atoms with Crippen LogP contribution in [0.3, 0.4) is 0 Å². The Morgan fingerprint density at radius 3 is 2.90 bits per heavy atom. The van der Waals surface area contributed by atoms with E-state index in [9.17, 15) is 14.0 Å². The van der Waals surface area contributed by atoms with E-state index in [1.807, 2.05) is 13.8 Å². The fraction of sp³-hybridized carbons (Fsp3) is 0.500. The zero-order chi connectivity index (χ0) is 20.5. The summed E-state index contributed by atoms with van der Waals surface area (Å²) in [6.45, 7) is 4.95. The molecule has 0 unspecified atom stereocenters. The molecule has 0 radical (unpaired) electrons. The number of nitrogens with zero attached hydrogens (tertiary/aromatic N) is 3. The van der Waals surface area contributed by atoms with Gasteiger partial charge in [-0.1, -0.05) is 26.0 Å². The molecular weight excluding hydrogens is 377 g/mol. The van der Waals surface area contributed by atoms with Crippen molar-refractivity contribution in [3.8, 4) is 0 Å². The minimum Gasteiger partial charge on any atom is -0.425 e. The second kappa shape index (κ2) is 7.90. The van der Waals surface area contributed by atoms with E-state index in [1.54, 1.807) is 12.1 Å². The van der Waals surface area contributed by atoms with Gasteiger partial charge in [0, 0.05) is 37.5 Å². The normalized spacial score (nSPS) is 24.4. The van der Waals surface area contributed by atoms with Crippen molar-refractivity contribution in [2.24, 2.45) is 0 Å². The third kappa shape index (κ3) is 4.00. The lowest BCUT2D eigenvalue weighted by atomic mass is 10.1. The van der Waals surface area contributed by atoms with Gasteiger partial charge in [0.2, 0.25) is 17.7 Å². The maximum absolute atomic E-state index is 13.9. The number of carbonyl (C=O) groups excluding carboxylic acids is 2. The molecule has 2 aromatic rings. The smallest absolute Gasteiger partial charge is 0.254 e. The standard InChI is InChI=1S/C20H24FN5O3/c1-11(2)20-25-24-17(29-20)8-13-9-22-19(28)16-7-12(10-26(13)16)23-18(27)14-5-3-4-6-15(14)21/h3-6,11-13,16H,7-10H2,1-2H3,(H,22,28)(H,23,27)/t12-,13+,16-/m0/s1. The second-order valence-electron chi connectivity index (χ2n) is 7.89. The quantitative estimate of drug-likeness (QED) is 0.782. The Morgan fingerprint density at radius 2 is 2.17 bits per heavy atom. The maximum atomic E-state index is 13.9. The molecule has 2 aliphatic rings. The molecular formula is C20H24FN5O3. The highest BCUT2D eigenvalue weighted by molar-refractivity contribution is 5.94. The maximum Gasteiger partial charge on any atom is 0.254 e. The molecule has 2 fully saturated rings. The van der Waals surface area contributed by atoms with E-state index in [-0.39, 0.29) is 35.5 Å². The van der Waals surface area contributed by atoms with Crippen molar-refractivity contribution in [2.45, 2.75) is 50.7 Å². The molecule has 0 bridgehead atoms. The van der Waals surface area contributed by atoms with Gasteiger partial charge >= 0.3 is 0 Å². The van der Waals surface area contributed by atoms with Gasteiger partial charge in [0.15, 0.2) is 0 Å². The topological polar surface area (TPSA) is 100 Å². The van der Waals surface area contributed by atoms with E-state index in [1.165, 1.54) is 12.1 Å². The van der Waals surface area contributed by atoms with Gasteiger partial charge in [0.05, 0.1) is 11.6 Å². The van der Waals surface area contributed by atoms with Gasteiger partial charge in [0.1, 0.15) is 5.82 Å². The highest BCUT2D eigenvalue weighted by atomic mass is 19.1. The number of carbonyl (C=O) groups is 2. The van der Waals surface area contributed by atoms with Crippen LogP contribution in [0, 0.1) is 5.82 Å². The molecule has 8 nitrogen and oxygen atoms in total. The van der Waals surface area contributed by atoms with Crippen molar-refractivity contribution in [1.82, 2.24) is 25.7 Å². The van der Waals surface area contributed by atoms with E-state index in [4.69, 9.17) is 4.42 Å². The molecule has 1 aromatic carbocycles. The number of hydrogen-bond acceptors (Lipinski definition) is 6. The molecule has 2 N–H and O–H groups in total. The summed E-state index contributed by atoms with van der Waals surface area (Å²) < 4.78 is 19.6. The lowest BCUT2D eigenvalue weighted by molar-refractivity contribution is -0.129. The van der Waals surface area contributed by atoms with Gasteiger partial charge in [-0.05, 0) is 18.6 Å². The molecule has 0 saturated carbocycles. The first-order valence-corrected chi connectivity index (χ1v) is 9.83. The molecule has 4 rings (SSSR count). The van der Waals surface area contributed by atoms with Crippen molar-refractivity contribution in [1.29, 1.82) is 0 Å². The van der Waals surface area contributed by atoms with E-state index >= 15 is 0 Å². The first-order chi connectivity index (χ1) is 13.9. The summed E-state index contributed by atoms with van der Waals surface area (Å²) in [5.74, 6) is 0.189. The van der Waals surface area contributed by atoms with Gasteiger partial charge in [-0.15, -0.1) is 10.2 Å². The second-order valence-corrected chi connectivity index (χ2v) is 7.89. The van der Waals surface area contributed by atoms with Gasteiger partial charge < -0.3 is 15.1 Å². The van der Waals surface area contributed by atoms with Crippen LogP contribution in [0.4, 0.5) is 4.39 Å². The predicted octanol–water partition coefficient (Wildman–Crippen LogP) is 1.25. The molecule has 154 valence electrons. The number of benzene rings is 1. The summed E-state index contributed by atoms with van der Waals surface area (Å²) >= 11 is 0. The predicted molar refractivity (Wildman–Crippen MR) is 102 cm³/mol. The van der Waals surface area contributed by atoms with Gasteiger partial charge in [-0.25, -0.2) is 4.39 Å². The third-order valence-corrected chi connectivity index (χ3v) is 5.46. The SMILES string of the molecule is CC(C)c1nnc(C[C@@H]2CNC(=O)[C@@H]3C[C@H](NC(=O)c4ccccc4F)CN23)o1. The van der Waals surface area contributed by atoms with Gasteiger partial charge in [0.25, 0.3) is 5.91 Å². The lowest BCUT2D eigenvalue weighted by Crippen LogP contribution is -2.58. The Kier molecular flexibility index (Phi) is 5.31. The number of hydrogen-bond donors (Lipinski definition) is 2. The van der Waals surface area contributed by atoms with Crippen LogP contribution in [0.1, 0.15) is 48.3 Å². The largest absolute Gasteiger partial charge is 0.425 e. The number of amides is 2. The van der Waals surface area contributed by atoms with E-state index in [0.717, 1.165) is 0 Å². The number of rotatable bonds is 5. The number of fused-ring (bicyclic) bond motifs is 1. The zero-order valence-electron chi connectivity index (χ0n) is 16.4. The fourth-order valence-electron chi connectivity index (χ4n) is 3.96. The van der Waals surface area contributed by atoms with Crippen molar-refractivity contribution in [2.75, 3.05) is 13.1 Å². The summed E-state index contributed by atoms with van der Waals surface area (Å²) in [4.78, 5) is 26.9. The Balaban J connectivity index is 1.44. The van der Waals surface area contributed by atoms with Crippen LogP contribution < -0.4 is 10.6 Å². The van der Waals surface area contributed by atoms with Crippen LogP contribution >= 0.6 is 0 Å². The monoisotopic (exact) mass is 401 g/mol. The molecule has 2 saturated heterocycles. The highest BCUT2D eigenvalue weighted by Gasteiger charge is 2.44. The van der Waals surface area contributed by atoms with Crippen molar-refractivity contribution >= 4 is 11.8 Å². The van der Waals surface area contributed by atoms with Crippen LogP contribution in [0.15, 0.2) is 28.7 Å². The lowest BCUT2D eigenvalue weighted by Gasteiger charge is -2.36. The van der Waals surface area contributed by atoms with E-state index in [0.29, 0.717) is 37.7 Å². The van der Waals surface area contributed by atoms with Crippen LogP contribution in [0.25, 0.3) is 0 Å². The first-order valence-electron chi connectivity index (χ1n) is 9.83. The molecule has 3 heterocycles. The zero-order valence-corrected chi connectivity index (χ0v) is 16.4. The average Bonchev–Trinajstić information content (AvgIpc) is 3.32. The summed E-state index contributed by atoms with van der Waals surface area (Å²) in [5, 5.41) is 14.0. The molecule has 1 aromatic heterocycles. The molecule has 2 amide bonds. The van der Waals surface area contributed by atoms with Crippen molar-refractivity contribution in [3.05, 3.63) is 47.4 Å². The Morgan fingerprint density at radius 1 is 1.38 bits per heavy atom. The third-order valence-electron chi connectivity index (χ3n) is 5.46. The van der Waals surface area contributed by atoms with Gasteiger partial charge in [-0.2, -0.15) is 0 Å². The molecule has 29 heavy (non-hydrogen) atoms. The minimum atomic E-state index is -0.561. The molecule has 0 aliphatic carbocycles. The summed E-state index contributed by atoms with van der Waals surface area (Å²) in [6, 6.07) is 5.28. The average molecular weight is 401 g/mol. The molecule has 3 atom stereocenters. The Labute approximate surface area is 167 Å². The number of halogens is 1. The van der Waals surface area contributed by atoms with Crippen LogP contribution in [0.5, 0.6) is 0 Å². The molecule has 0 spiro atoms. The van der Waals surface area contributed by atoms with Crippen LogP contribution in [0.2, 0.25) is 0 Å².